The highest BCUT2D eigenvalue weighted by Crippen LogP contribution is 2.29. The van der Waals surface area contributed by atoms with Crippen LogP contribution < -0.4 is 4.74 Å². The van der Waals surface area contributed by atoms with Gasteiger partial charge in [-0.3, -0.25) is 0 Å². The van der Waals surface area contributed by atoms with Crippen molar-refractivity contribution >= 4 is 33.2 Å². The molecular weight excluding hydrogens is 194 g/mol. The summed E-state index contributed by atoms with van der Waals surface area (Å²) in [6.45, 7) is 0. The Labute approximate surface area is 78.8 Å². The molecule has 0 aliphatic heterocycles. The van der Waals surface area contributed by atoms with E-state index in [1.165, 1.54) is 0 Å². The van der Waals surface area contributed by atoms with Gasteiger partial charge >= 0.3 is 0 Å². The number of methoxy groups -OCH3 is 1. The largest absolute Gasteiger partial charge is 0.493 e. The predicted molar refractivity (Wildman–Crippen MR) is 51.2 cm³/mol. The monoisotopic (exact) mass is 199 g/mol. The number of hydrogen-bond donors (Lipinski definition) is 0. The number of rotatable bonds is 1. The van der Waals surface area contributed by atoms with Crippen molar-refractivity contribution in [1.29, 1.82) is 0 Å². The molecule has 0 aromatic carbocycles. The van der Waals surface area contributed by atoms with E-state index in [0.717, 1.165) is 10.2 Å². The van der Waals surface area contributed by atoms with Crippen molar-refractivity contribution in [1.82, 2.24) is 4.98 Å². The lowest BCUT2D eigenvalue weighted by molar-refractivity contribution is 0.414. The van der Waals surface area contributed by atoms with Gasteiger partial charge < -0.3 is 4.74 Å². The Balaban J connectivity index is 2.73. The van der Waals surface area contributed by atoms with E-state index in [4.69, 9.17) is 16.3 Å². The Bertz CT molecular complexity index is 412. The zero-order valence-corrected chi connectivity index (χ0v) is 7.95. The molecule has 0 bridgehead atoms. The van der Waals surface area contributed by atoms with Gasteiger partial charge in [0.25, 0.3) is 0 Å². The van der Waals surface area contributed by atoms with E-state index in [0.29, 0.717) is 10.9 Å². The van der Waals surface area contributed by atoms with Crippen molar-refractivity contribution in [2.24, 2.45) is 0 Å². The van der Waals surface area contributed by atoms with Crippen LogP contribution in [0.15, 0.2) is 17.5 Å². The molecule has 2 aromatic heterocycles. The fourth-order valence-corrected chi connectivity index (χ4v) is 1.97. The lowest BCUT2D eigenvalue weighted by Gasteiger charge is -2.00. The van der Waals surface area contributed by atoms with Crippen LogP contribution in [0.2, 0.25) is 5.15 Å². The second kappa shape index (κ2) is 2.92. The lowest BCUT2D eigenvalue weighted by atomic mass is 10.4. The van der Waals surface area contributed by atoms with Crippen LogP contribution in [0.3, 0.4) is 0 Å². The quantitative estimate of drug-likeness (QED) is 0.659. The van der Waals surface area contributed by atoms with E-state index in [2.05, 4.69) is 4.98 Å². The van der Waals surface area contributed by atoms with E-state index in [-0.39, 0.29) is 0 Å². The van der Waals surface area contributed by atoms with Gasteiger partial charge in [-0.15, -0.1) is 11.3 Å². The van der Waals surface area contributed by atoms with Crippen molar-refractivity contribution in [3.05, 3.63) is 22.7 Å². The van der Waals surface area contributed by atoms with E-state index in [9.17, 15) is 0 Å². The second-order valence-electron chi connectivity index (χ2n) is 2.29. The fraction of sp³-hybridized carbons (Fsp3) is 0.125. The number of fused-ring (bicyclic) bond motifs is 1. The van der Waals surface area contributed by atoms with E-state index in [1.807, 2.05) is 17.5 Å². The van der Waals surface area contributed by atoms with Gasteiger partial charge in [-0.1, -0.05) is 11.6 Å². The molecule has 0 aliphatic carbocycles. The number of ether oxygens (including phenoxy) is 1. The molecule has 0 fully saturated rings. The van der Waals surface area contributed by atoms with Crippen molar-refractivity contribution in [3.8, 4) is 5.75 Å². The molecule has 0 atom stereocenters. The van der Waals surface area contributed by atoms with Crippen LogP contribution in [-0.2, 0) is 0 Å². The van der Waals surface area contributed by atoms with Gasteiger partial charge in [0.05, 0.1) is 17.3 Å². The molecule has 4 heteroatoms. The van der Waals surface area contributed by atoms with Crippen LogP contribution >= 0.6 is 22.9 Å². The molecule has 0 spiro atoms. The molecule has 2 rings (SSSR count). The number of hydrogen-bond acceptors (Lipinski definition) is 3. The van der Waals surface area contributed by atoms with Crippen molar-refractivity contribution < 1.29 is 4.74 Å². The molecule has 0 amide bonds. The van der Waals surface area contributed by atoms with E-state index >= 15 is 0 Å². The highest BCUT2D eigenvalue weighted by Gasteiger charge is 2.04. The van der Waals surface area contributed by atoms with Gasteiger partial charge in [-0.2, -0.15) is 0 Å². The molecule has 0 saturated carbocycles. The smallest absolute Gasteiger partial charge is 0.171 e. The number of aromatic nitrogens is 1. The molecule has 0 N–H and O–H groups in total. The van der Waals surface area contributed by atoms with Crippen LogP contribution in [0.1, 0.15) is 0 Å². The molecule has 62 valence electrons. The summed E-state index contributed by atoms with van der Waals surface area (Å²) in [5.41, 5.74) is 0.922. The zero-order valence-electron chi connectivity index (χ0n) is 6.37. The van der Waals surface area contributed by atoms with Crippen LogP contribution in [0, 0.1) is 0 Å². The first-order chi connectivity index (χ1) is 5.81. The summed E-state index contributed by atoms with van der Waals surface area (Å²) in [5.74, 6) is 0.631. The predicted octanol–water partition coefficient (Wildman–Crippen LogP) is 2.96. The molecule has 2 nitrogen and oxygen atoms in total. The Morgan fingerprint density at radius 1 is 1.58 bits per heavy atom. The highest BCUT2D eigenvalue weighted by atomic mass is 35.5. The standard InChI is InChI=1S/C8H6ClNOS/c1-11-6-4-7-5(2-3-12-7)10-8(6)9/h2-4H,1H3. The molecule has 12 heavy (non-hydrogen) atoms. The fourth-order valence-electron chi connectivity index (χ4n) is 0.997. The minimum absolute atomic E-state index is 0.420. The average molecular weight is 200 g/mol. The molecule has 2 heterocycles. The maximum absolute atomic E-state index is 5.83. The van der Waals surface area contributed by atoms with Gasteiger partial charge in [0.2, 0.25) is 0 Å². The lowest BCUT2D eigenvalue weighted by Crippen LogP contribution is -1.85. The van der Waals surface area contributed by atoms with Gasteiger partial charge in [0, 0.05) is 6.07 Å². The van der Waals surface area contributed by atoms with Crippen molar-refractivity contribution in [2.75, 3.05) is 7.11 Å². The summed E-state index contributed by atoms with van der Waals surface area (Å²) in [6.07, 6.45) is 0. The van der Waals surface area contributed by atoms with Crippen LogP contribution in [0.25, 0.3) is 10.2 Å². The number of halogens is 1. The number of nitrogens with zero attached hydrogens (tertiary/aromatic N) is 1. The summed E-state index contributed by atoms with van der Waals surface area (Å²) >= 11 is 7.45. The molecule has 2 aromatic rings. The Morgan fingerprint density at radius 3 is 3.17 bits per heavy atom. The molecular formula is C8H6ClNOS. The first-order valence-corrected chi connectivity index (χ1v) is 4.65. The third-order valence-electron chi connectivity index (χ3n) is 1.58. The Kier molecular flexibility index (Phi) is 1.90. The SMILES string of the molecule is COc1cc2sccc2nc1Cl. The van der Waals surface area contributed by atoms with Crippen molar-refractivity contribution in [3.63, 3.8) is 0 Å². The van der Waals surface area contributed by atoms with Crippen LogP contribution in [0.4, 0.5) is 0 Å². The third kappa shape index (κ3) is 1.15. The number of thiophene rings is 1. The first kappa shape index (κ1) is 7.83. The van der Waals surface area contributed by atoms with Crippen LogP contribution in [-0.4, -0.2) is 12.1 Å². The molecule has 0 saturated heterocycles. The van der Waals surface area contributed by atoms with E-state index in [1.54, 1.807) is 18.4 Å². The normalized spacial score (nSPS) is 10.5. The van der Waals surface area contributed by atoms with Crippen molar-refractivity contribution in [2.45, 2.75) is 0 Å². The second-order valence-corrected chi connectivity index (χ2v) is 3.59. The van der Waals surface area contributed by atoms with Gasteiger partial charge in [0.1, 0.15) is 0 Å². The molecule has 0 radical (unpaired) electrons. The topological polar surface area (TPSA) is 22.1 Å². The summed E-state index contributed by atoms with van der Waals surface area (Å²) in [5, 5.41) is 2.40. The van der Waals surface area contributed by atoms with E-state index < -0.39 is 0 Å². The maximum atomic E-state index is 5.83. The van der Waals surface area contributed by atoms with Gasteiger partial charge in [-0.05, 0) is 11.4 Å². The Hall–Kier alpha value is -0.800. The maximum Gasteiger partial charge on any atom is 0.171 e. The minimum atomic E-state index is 0.420. The molecule has 0 aliphatic rings. The first-order valence-electron chi connectivity index (χ1n) is 3.39. The summed E-state index contributed by atoms with van der Waals surface area (Å²) in [7, 11) is 1.59. The van der Waals surface area contributed by atoms with Gasteiger partial charge in [0.15, 0.2) is 10.9 Å². The average Bonchev–Trinajstić information content (AvgIpc) is 2.49. The molecule has 0 unspecified atom stereocenters. The summed E-state index contributed by atoms with van der Waals surface area (Å²) in [6, 6.07) is 3.83. The number of pyridine rings is 1. The van der Waals surface area contributed by atoms with Gasteiger partial charge in [-0.25, -0.2) is 4.98 Å². The van der Waals surface area contributed by atoms with Crippen LogP contribution in [0.5, 0.6) is 5.75 Å². The highest BCUT2D eigenvalue weighted by molar-refractivity contribution is 7.17. The minimum Gasteiger partial charge on any atom is -0.493 e. The zero-order chi connectivity index (χ0) is 8.55. The summed E-state index contributed by atoms with van der Waals surface area (Å²) in [4.78, 5) is 4.16. The Morgan fingerprint density at radius 2 is 2.42 bits per heavy atom. The third-order valence-corrected chi connectivity index (χ3v) is 2.70. The summed E-state index contributed by atoms with van der Waals surface area (Å²) < 4.78 is 6.13.